The first-order valence-electron chi connectivity index (χ1n) is 4.49. The van der Waals surface area contributed by atoms with Gasteiger partial charge in [-0.2, -0.15) is 5.10 Å². The minimum absolute atomic E-state index is 0. The molecule has 0 amide bonds. The number of hydrogen-bond acceptors (Lipinski definition) is 5. The summed E-state index contributed by atoms with van der Waals surface area (Å²) in [5.41, 5.74) is 0.619. The average Bonchev–Trinajstić information content (AvgIpc) is 2.78. The van der Waals surface area contributed by atoms with Crippen LogP contribution < -0.4 is 39.4 Å². The number of carboxylic acid groups (broad SMARTS) is 1. The third-order valence-corrected chi connectivity index (χ3v) is 2.03. The van der Waals surface area contributed by atoms with Crippen LogP contribution in [-0.2, 0) is 0 Å². The Hall–Kier alpha value is -1.37. The molecule has 0 aliphatic carbocycles. The number of methoxy groups -OCH3 is 1. The van der Waals surface area contributed by atoms with Crippen molar-refractivity contribution in [3.05, 3.63) is 30.1 Å². The standard InChI is InChI=1S/C10H9N3O3.Na/c1-16-7-5-3-2-4-6(7)8-11-9(10(14)15)13-12-8;/h2-5H,1H3,(H,14,15)(H,11,12,13);/q;+1/p-1. The van der Waals surface area contributed by atoms with Gasteiger partial charge in [0.2, 0.25) is 0 Å². The van der Waals surface area contributed by atoms with E-state index in [1.165, 1.54) is 7.11 Å². The second kappa shape index (κ2) is 5.81. The maximum atomic E-state index is 10.5. The number of H-pyrrole nitrogens is 1. The van der Waals surface area contributed by atoms with Gasteiger partial charge in [0.15, 0.2) is 11.6 Å². The summed E-state index contributed by atoms with van der Waals surface area (Å²) in [6.07, 6.45) is 0. The summed E-state index contributed by atoms with van der Waals surface area (Å²) in [5.74, 6) is -0.863. The first-order valence-corrected chi connectivity index (χ1v) is 4.49. The monoisotopic (exact) mass is 241 g/mol. The zero-order chi connectivity index (χ0) is 11.5. The van der Waals surface area contributed by atoms with Crippen molar-refractivity contribution in [2.75, 3.05) is 7.11 Å². The number of carboxylic acids is 1. The van der Waals surface area contributed by atoms with Crippen molar-refractivity contribution in [2.24, 2.45) is 0 Å². The van der Waals surface area contributed by atoms with Gasteiger partial charge in [-0.1, -0.05) is 12.1 Å². The van der Waals surface area contributed by atoms with Crippen molar-refractivity contribution in [1.82, 2.24) is 15.2 Å². The van der Waals surface area contributed by atoms with Crippen LogP contribution in [0.4, 0.5) is 0 Å². The fraction of sp³-hybridized carbons (Fsp3) is 0.100. The Bertz CT molecular complexity index is 527. The van der Waals surface area contributed by atoms with Crippen molar-refractivity contribution in [3.8, 4) is 17.1 Å². The molecule has 0 saturated heterocycles. The second-order valence-corrected chi connectivity index (χ2v) is 3.00. The number of aromatic carboxylic acids is 1. The van der Waals surface area contributed by atoms with Gasteiger partial charge in [-0.3, -0.25) is 5.10 Å². The van der Waals surface area contributed by atoms with Crippen molar-refractivity contribution in [3.63, 3.8) is 0 Å². The third-order valence-electron chi connectivity index (χ3n) is 2.03. The predicted molar refractivity (Wildman–Crippen MR) is 52.7 cm³/mol. The topological polar surface area (TPSA) is 90.9 Å². The summed E-state index contributed by atoms with van der Waals surface area (Å²) in [7, 11) is 1.52. The SMILES string of the molecule is COc1ccccc1-c1n[nH]c(C(=O)[O-])n1.[Na+]. The largest absolute Gasteiger partial charge is 1.00 e. The third kappa shape index (κ3) is 2.85. The molecule has 0 fully saturated rings. The molecule has 0 aliphatic heterocycles. The van der Waals surface area contributed by atoms with Gasteiger partial charge in [-0.25, -0.2) is 4.98 Å². The zero-order valence-corrected chi connectivity index (χ0v) is 11.4. The molecular weight excluding hydrogens is 233 g/mol. The van der Waals surface area contributed by atoms with Crippen LogP contribution in [-0.4, -0.2) is 28.3 Å². The number of carbonyl (C=O) groups is 1. The van der Waals surface area contributed by atoms with Gasteiger partial charge in [-0.05, 0) is 12.1 Å². The first-order chi connectivity index (χ1) is 7.72. The van der Waals surface area contributed by atoms with Crippen LogP contribution in [0.15, 0.2) is 24.3 Å². The molecule has 0 atom stereocenters. The number of hydrogen-bond donors (Lipinski definition) is 1. The molecule has 0 bridgehead atoms. The van der Waals surface area contributed by atoms with Crippen molar-refractivity contribution in [1.29, 1.82) is 0 Å². The van der Waals surface area contributed by atoms with Crippen LogP contribution in [0.5, 0.6) is 5.75 Å². The van der Waals surface area contributed by atoms with Crippen LogP contribution in [0.3, 0.4) is 0 Å². The molecule has 0 spiro atoms. The quantitative estimate of drug-likeness (QED) is 0.573. The van der Waals surface area contributed by atoms with E-state index in [0.717, 1.165) is 0 Å². The van der Waals surface area contributed by atoms with E-state index in [1.54, 1.807) is 24.3 Å². The molecular formula is C10H8N3NaO3. The molecule has 0 radical (unpaired) electrons. The summed E-state index contributed by atoms with van der Waals surface area (Å²) in [6.45, 7) is 0. The zero-order valence-electron chi connectivity index (χ0n) is 9.43. The molecule has 0 aliphatic rings. The van der Waals surface area contributed by atoms with E-state index in [0.29, 0.717) is 11.3 Å². The van der Waals surface area contributed by atoms with Gasteiger partial charge < -0.3 is 14.6 Å². The number of aromatic amines is 1. The normalized spacial score (nSPS) is 9.47. The molecule has 1 aromatic heterocycles. The van der Waals surface area contributed by atoms with Crippen LogP contribution in [0.1, 0.15) is 10.6 Å². The molecule has 1 N–H and O–H groups in total. The fourth-order valence-corrected chi connectivity index (χ4v) is 1.30. The van der Waals surface area contributed by atoms with E-state index in [4.69, 9.17) is 4.74 Å². The predicted octanol–water partition coefficient (Wildman–Crippen LogP) is -3.15. The number of nitrogens with one attached hydrogen (secondary N) is 1. The van der Waals surface area contributed by atoms with Gasteiger partial charge in [-0.15, -0.1) is 0 Å². The van der Waals surface area contributed by atoms with Gasteiger partial charge in [0, 0.05) is 0 Å². The van der Waals surface area contributed by atoms with E-state index in [1.807, 2.05) is 0 Å². The molecule has 2 rings (SSSR count). The Kier molecular flexibility index (Phi) is 4.68. The number of carbonyl (C=O) groups excluding carboxylic acids is 1. The number of nitrogens with zero attached hydrogens (tertiary/aromatic N) is 2. The van der Waals surface area contributed by atoms with Crippen LogP contribution in [0.2, 0.25) is 0 Å². The van der Waals surface area contributed by atoms with Crippen LogP contribution in [0, 0.1) is 0 Å². The molecule has 17 heavy (non-hydrogen) atoms. The maximum absolute atomic E-state index is 10.5. The van der Waals surface area contributed by atoms with E-state index < -0.39 is 5.97 Å². The van der Waals surface area contributed by atoms with Crippen molar-refractivity contribution < 1.29 is 44.2 Å². The van der Waals surface area contributed by atoms with Crippen LogP contribution in [0.25, 0.3) is 11.4 Å². The van der Waals surface area contributed by atoms with Crippen LogP contribution >= 0.6 is 0 Å². The van der Waals surface area contributed by atoms with Gasteiger partial charge in [0.1, 0.15) is 11.7 Å². The number of ether oxygens (including phenoxy) is 1. The summed E-state index contributed by atoms with van der Waals surface area (Å²) in [6, 6.07) is 7.06. The van der Waals surface area contributed by atoms with Gasteiger partial charge >= 0.3 is 29.6 Å². The molecule has 1 aromatic carbocycles. The summed E-state index contributed by atoms with van der Waals surface area (Å²) in [4.78, 5) is 14.3. The Morgan fingerprint density at radius 3 is 2.71 bits per heavy atom. The number of para-hydroxylation sites is 1. The molecule has 0 unspecified atom stereocenters. The fourth-order valence-electron chi connectivity index (χ4n) is 1.30. The van der Waals surface area contributed by atoms with Gasteiger partial charge in [0.05, 0.1) is 12.7 Å². The molecule has 7 heteroatoms. The minimum atomic E-state index is -1.39. The Labute approximate surface area is 119 Å². The smallest absolute Gasteiger partial charge is 0.542 e. The molecule has 6 nitrogen and oxygen atoms in total. The Morgan fingerprint density at radius 2 is 2.12 bits per heavy atom. The van der Waals surface area contributed by atoms with E-state index in [2.05, 4.69) is 15.2 Å². The minimum Gasteiger partial charge on any atom is -0.542 e. The number of aromatic nitrogens is 3. The molecule has 0 saturated carbocycles. The van der Waals surface area contributed by atoms with E-state index >= 15 is 0 Å². The van der Waals surface area contributed by atoms with Gasteiger partial charge in [0.25, 0.3) is 0 Å². The summed E-state index contributed by atoms with van der Waals surface area (Å²) >= 11 is 0. The number of benzene rings is 1. The first kappa shape index (κ1) is 13.7. The molecule has 2 aromatic rings. The average molecular weight is 241 g/mol. The molecule has 82 valence electrons. The van der Waals surface area contributed by atoms with E-state index in [-0.39, 0.29) is 41.2 Å². The van der Waals surface area contributed by atoms with Crippen molar-refractivity contribution >= 4 is 5.97 Å². The summed E-state index contributed by atoms with van der Waals surface area (Å²) < 4.78 is 5.11. The summed E-state index contributed by atoms with van der Waals surface area (Å²) in [5, 5.41) is 16.6. The van der Waals surface area contributed by atoms with E-state index in [9.17, 15) is 9.90 Å². The second-order valence-electron chi connectivity index (χ2n) is 3.00. The maximum Gasteiger partial charge on any atom is 1.00 e. The van der Waals surface area contributed by atoms with Crippen molar-refractivity contribution in [2.45, 2.75) is 0 Å². The Morgan fingerprint density at radius 1 is 1.41 bits per heavy atom. The number of rotatable bonds is 3. The molecule has 1 heterocycles. The Balaban J connectivity index is 0.00000144.